The van der Waals surface area contributed by atoms with Crippen LogP contribution in [0.3, 0.4) is 0 Å². The maximum atomic E-state index is 11.6. The molecule has 0 amide bonds. The van der Waals surface area contributed by atoms with Crippen LogP contribution in [0.5, 0.6) is 0 Å². The number of rotatable bonds is 5. The first-order valence-corrected chi connectivity index (χ1v) is 5.07. The van der Waals surface area contributed by atoms with E-state index in [1.54, 1.807) is 24.3 Å². The molecule has 0 unspecified atom stereocenters. The van der Waals surface area contributed by atoms with Crippen molar-refractivity contribution < 1.29 is 27.4 Å². The molecular formula is C11H12F3NO3. The molecule has 0 saturated heterocycles. The highest BCUT2D eigenvalue weighted by Crippen LogP contribution is 2.15. The minimum absolute atomic E-state index is 0.0215. The van der Waals surface area contributed by atoms with E-state index in [0.29, 0.717) is 11.3 Å². The molecule has 0 aliphatic rings. The van der Waals surface area contributed by atoms with Gasteiger partial charge in [0.1, 0.15) is 6.61 Å². The van der Waals surface area contributed by atoms with Crippen LogP contribution < -0.4 is 5.73 Å². The number of anilines is 1. The van der Waals surface area contributed by atoms with Gasteiger partial charge in [-0.15, -0.1) is 13.2 Å². The van der Waals surface area contributed by atoms with Crippen LogP contribution in [-0.4, -0.2) is 25.5 Å². The van der Waals surface area contributed by atoms with Gasteiger partial charge in [0.15, 0.2) is 0 Å². The predicted octanol–water partition coefficient (Wildman–Crippen LogP) is 1.89. The van der Waals surface area contributed by atoms with Crippen LogP contribution in [0, 0.1) is 0 Å². The molecule has 1 rings (SSSR count). The van der Waals surface area contributed by atoms with E-state index in [1.165, 1.54) is 0 Å². The van der Waals surface area contributed by atoms with Gasteiger partial charge >= 0.3 is 12.3 Å². The van der Waals surface area contributed by atoms with E-state index in [-0.39, 0.29) is 6.42 Å². The van der Waals surface area contributed by atoms with Gasteiger partial charge in [-0.25, -0.2) is 0 Å². The number of alkyl halides is 3. The molecule has 0 heterocycles. The highest BCUT2D eigenvalue weighted by atomic mass is 19.4. The molecule has 0 aliphatic heterocycles. The van der Waals surface area contributed by atoms with Gasteiger partial charge in [-0.2, -0.15) is 0 Å². The maximum absolute atomic E-state index is 11.6. The van der Waals surface area contributed by atoms with Crippen LogP contribution in [-0.2, 0) is 20.7 Å². The zero-order valence-corrected chi connectivity index (χ0v) is 9.37. The normalized spacial score (nSPS) is 11.3. The maximum Gasteiger partial charge on any atom is 0.522 e. The second kappa shape index (κ2) is 6.25. The smallest absolute Gasteiger partial charge is 0.463 e. The average Bonchev–Trinajstić information content (AvgIpc) is 2.26. The SMILES string of the molecule is Nc1ccc(CC(=O)OCCOC(F)(F)F)cc1. The Morgan fingerprint density at radius 1 is 1.17 bits per heavy atom. The molecule has 0 saturated carbocycles. The largest absolute Gasteiger partial charge is 0.522 e. The van der Waals surface area contributed by atoms with Crippen molar-refractivity contribution >= 4 is 11.7 Å². The lowest BCUT2D eigenvalue weighted by atomic mass is 10.1. The van der Waals surface area contributed by atoms with Crippen molar-refractivity contribution in [2.24, 2.45) is 0 Å². The van der Waals surface area contributed by atoms with Gasteiger partial charge in [-0.1, -0.05) is 12.1 Å². The summed E-state index contributed by atoms with van der Waals surface area (Å²) in [7, 11) is 0. The Hall–Kier alpha value is -1.76. The molecule has 0 aromatic heterocycles. The molecule has 18 heavy (non-hydrogen) atoms. The van der Waals surface area contributed by atoms with Crippen molar-refractivity contribution in [1.29, 1.82) is 0 Å². The van der Waals surface area contributed by atoms with E-state index >= 15 is 0 Å². The van der Waals surface area contributed by atoms with Crippen molar-refractivity contribution in [3.05, 3.63) is 29.8 Å². The molecule has 4 nitrogen and oxygen atoms in total. The second-order valence-corrected chi connectivity index (χ2v) is 3.43. The molecule has 2 N–H and O–H groups in total. The summed E-state index contributed by atoms with van der Waals surface area (Å²) in [5.74, 6) is -0.620. The lowest BCUT2D eigenvalue weighted by Crippen LogP contribution is -2.19. The van der Waals surface area contributed by atoms with Crippen LogP contribution in [0.1, 0.15) is 5.56 Å². The number of nitrogen functional groups attached to an aromatic ring is 1. The minimum Gasteiger partial charge on any atom is -0.463 e. The van der Waals surface area contributed by atoms with Gasteiger partial charge in [0.25, 0.3) is 0 Å². The molecule has 0 spiro atoms. The summed E-state index contributed by atoms with van der Waals surface area (Å²) >= 11 is 0. The molecule has 7 heteroatoms. The van der Waals surface area contributed by atoms with Crippen molar-refractivity contribution in [3.8, 4) is 0 Å². The van der Waals surface area contributed by atoms with Gasteiger partial charge in [-0.05, 0) is 17.7 Å². The Kier molecular flexibility index (Phi) is 4.96. The summed E-state index contributed by atoms with van der Waals surface area (Å²) in [4.78, 5) is 11.2. The third kappa shape index (κ3) is 6.09. The second-order valence-electron chi connectivity index (χ2n) is 3.43. The number of hydrogen-bond donors (Lipinski definition) is 1. The molecule has 0 fully saturated rings. The van der Waals surface area contributed by atoms with Crippen molar-refractivity contribution in [1.82, 2.24) is 0 Å². The van der Waals surface area contributed by atoms with Crippen LogP contribution in [0.4, 0.5) is 18.9 Å². The van der Waals surface area contributed by atoms with E-state index in [2.05, 4.69) is 9.47 Å². The Balaban J connectivity index is 2.24. The highest BCUT2D eigenvalue weighted by Gasteiger charge is 2.28. The molecular weight excluding hydrogens is 251 g/mol. The predicted molar refractivity (Wildman–Crippen MR) is 57.5 cm³/mol. The average molecular weight is 263 g/mol. The van der Waals surface area contributed by atoms with Gasteiger partial charge in [-0.3, -0.25) is 9.53 Å². The standard InChI is InChI=1S/C11H12F3NO3/c12-11(13,14)18-6-5-17-10(16)7-8-1-3-9(15)4-2-8/h1-4H,5-7,15H2. The van der Waals surface area contributed by atoms with E-state index < -0.39 is 25.5 Å². The van der Waals surface area contributed by atoms with Crippen LogP contribution in [0.15, 0.2) is 24.3 Å². The molecule has 1 aromatic carbocycles. The summed E-state index contributed by atoms with van der Waals surface area (Å²) in [5.41, 5.74) is 6.69. The summed E-state index contributed by atoms with van der Waals surface area (Å²) in [6.45, 7) is -1.15. The summed E-state index contributed by atoms with van der Waals surface area (Å²) in [5, 5.41) is 0. The van der Waals surface area contributed by atoms with Gasteiger partial charge in [0.05, 0.1) is 13.0 Å². The molecule has 0 bridgehead atoms. The Morgan fingerprint density at radius 2 is 1.78 bits per heavy atom. The zero-order chi connectivity index (χ0) is 13.6. The number of esters is 1. The molecule has 0 atom stereocenters. The first-order valence-electron chi connectivity index (χ1n) is 5.07. The monoisotopic (exact) mass is 263 g/mol. The Labute approximate surface area is 101 Å². The fourth-order valence-electron chi connectivity index (χ4n) is 1.17. The van der Waals surface area contributed by atoms with Crippen LogP contribution in [0.2, 0.25) is 0 Å². The van der Waals surface area contributed by atoms with Gasteiger partial charge in [0, 0.05) is 5.69 Å². The van der Waals surface area contributed by atoms with E-state index in [4.69, 9.17) is 5.73 Å². The molecule has 1 aromatic rings. The van der Waals surface area contributed by atoms with Crippen molar-refractivity contribution in [2.45, 2.75) is 12.8 Å². The summed E-state index contributed by atoms with van der Waals surface area (Å²) < 4.78 is 42.8. The highest BCUT2D eigenvalue weighted by molar-refractivity contribution is 5.72. The van der Waals surface area contributed by atoms with Gasteiger partial charge in [0.2, 0.25) is 0 Å². The minimum atomic E-state index is -4.70. The lowest BCUT2D eigenvalue weighted by molar-refractivity contribution is -0.326. The number of carbonyl (C=O) groups excluding carboxylic acids is 1. The summed E-state index contributed by atoms with van der Waals surface area (Å²) in [6.07, 6.45) is -4.73. The zero-order valence-electron chi connectivity index (χ0n) is 9.37. The fourth-order valence-corrected chi connectivity index (χ4v) is 1.17. The molecule has 0 radical (unpaired) electrons. The first kappa shape index (κ1) is 14.3. The topological polar surface area (TPSA) is 61.6 Å². The first-order chi connectivity index (χ1) is 8.37. The van der Waals surface area contributed by atoms with Crippen molar-refractivity contribution in [2.75, 3.05) is 18.9 Å². The van der Waals surface area contributed by atoms with E-state index in [1.807, 2.05) is 0 Å². The van der Waals surface area contributed by atoms with Gasteiger partial charge < -0.3 is 10.5 Å². The molecule has 0 aliphatic carbocycles. The Bertz CT molecular complexity index is 390. The lowest BCUT2D eigenvalue weighted by Gasteiger charge is -2.08. The van der Waals surface area contributed by atoms with E-state index in [9.17, 15) is 18.0 Å². The number of nitrogens with two attached hydrogens (primary N) is 1. The number of hydrogen-bond acceptors (Lipinski definition) is 4. The van der Waals surface area contributed by atoms with Crippen molar-refractivity contribution in [3.63, 3.8) is 0 Å². The third-order valence-corrected chi connectivity index (χ3v) is 1.94. The number of benzene rings is 1. The molecule has 100 valence electrons. The number of ether oxygens (including phenoxy) is 2. The number of halogens is 3. The van der Waals surface area contributed by atoms with Crippen LogP contribution in [0.25, 0.3) is 0 Å². The third-order valence-electron chi connectivity index (χ3n) is 1.94. The Morgan fingerprint density at radius 3 is 2.33 bits per heavy atom. The summed E-state index contributed by atoms with van der Waals surface area (Å²) in [6, 6.07) is 6.52. The van der Waals surface area contributed by atoms with E-state index in [0.717, 1.165) is 0 Å². The fraction of sp³-hybridized carbons (Fsp3) is 0.364. The quantitative estimate of drug-likeness (QED) is 0.500. The van der Waals surface area contributed by atoms with Crippen LogP contribution >= 0.6 is 0 Å². The number of carbonyl (C=O) groups is 1.